The van der Waals surface area contributed by atoms with Gasteiger partial charge in [-0.05, 0) is 37.1 Å². The van der Waals surface area contributed by atoms with Gasteiger partial charge in [0.05, 0.1) is 0 Å². The summed E-state index contributed by atoms with van der Waals surface area (Å²) in [6.45, 7) is 2.20. The fourth-order valence-electron chi connectivity index (χ4n) is 2.94. The van der Waals surface area contributed by atoms with Crippen molar-refractivity contribution in [3.63, 3.8) is 0 Å². The van der Waals surface area contributed by atoms with E-state index in [-0.39, 0.29) is 0 Å². The fourth-order valence-corrected chi connectivity index (χ4v) is 2.94. The van der Waals surface area contributed by atoms with Gasteiger partial charge in [0.15, 0.2) is 0 Å². The van der Waals surface area contributed by atoms with Crippen LogP contribution in [0.15, 0.2) is 72.3 Å². The number of para-hydroxylation sites is 2. The summed E-state index contributed by atoms with van der Waals surface area (Å²) in [4.78, 5) is 24.9. The zero-order valence-corrected chi connectivity index (χ0v) is 17.1. The normalized spacial score (nSPS) is 11.1. The minimum atomic E-state index is -0.570. The maximum Gasteiger partial charge on any atom is 0.339 e. The Hall–Kier alpha value is -2.88. The second-order valence-corrected chi connectivity index (χ2v) is 6.98. The molecule has 0 saturated heterocycles. The van der Waals surface area contributed by atoms with Crippen LogP contribution in [0.4, 0.5) is 0 Å². The molecule has 0 aliphatic carbocycles. The maximum absolute atomic E-state index is 12.6. The summed E-state index contributed by atoms with van der Waals surface area (Å²) in [6.07, 6.45) is 9.68. The lowest BCUT2D eigenvalue weighted by Gasteiger charge is -2.09. The van der Waals surface area contributed by atoms with Gasteiger partial charge in [-0.25, -0.2) is 9.59 Å². The van der Waals surface area contributed by atoms with Crippen LogP contribution in [0, 0.1) is 0 Å². The minimum absolute atomic E-state index is 0.336. The van der Waals surface area contributed by atoms with Crippen LogP contribution in [0.1, 0.15) is 58.3 Å². The number of carbonyl (C=O) groups excluding carboxylic acids is 2. The summed E-state index contributed by atoms with van der Waals surface area (Å²) in [5.41, 5.74) is 0.336. The van der Waals surface area contributed by atoms with E-state index in [1.54, 1.807) is 48.5 Å². The van der Waals surface area contributed by atoms with Gasteiger partial charge in [-0.3, -0.25) is 0 Å². The summed E-state index contributed by atoms with van der Waals surface area (Å²) in [5.74, 6) is -0.175. The average Bonchev–Trinajstić information content (AvgIpc) is 2.73. The first-order chi connectivity index (χ1) is 14.2. The van der Waals surface area contributed by atoms with Crippen molar-refractivity contribution >= 4 is 11.9 Å². The molecule has 0 radical (unpaired) electrons. The third-order valence-corrected chi connectivity index (χ3v) is 4.52. The smallest absolute Gasteiger partial charge is 0.339 e. The van der Waals surface area contributed by atoms with Crippen LogP contribution < -0.4 is 9.47 Å². The first-order valence-corrected chi connectivity index (χ1v) is 10.4. The van der Waals surface area contributed by atoms with Crippen molar-refractivity contribution in [2.45, 2.75) is 58.3 Å². The van der Waals surface area contributed by atoms with Gasteiger partial charge in [-0.1, -0.05) is 81.8 Å². The monoisotopic (exact) mass is 394 g/mol. The molecule has 0 bridgehead atoms. The molecule has 0 N–H and O–H groups in total. The van der Waals surface area contributed by atoms with Crippen molar-refractivity contribution in [2.24, 2.45) is 0 Å². The van der Waals surface area contributed by atoms with E-state index in [2.05, 4.69) is 6.92 Å². The largest absolute Gasteiger partial charge is 0.423 e. The number of carbonyl (C=O) groups is 2. The Morgan fingerprint density at radius 3 is 1.83 bits per heavy atom. The Bertz CT molecular complexity index is 766. The van der Waals surface area contributed by atoms with Gasteiger partial charge >= 0.3 is 11.9 Å². The van der Waals surface area contributed by atoms with Crippen LogP contribution in [-0.4, -0.2) is 11.9 Å². The highest BCUT2D eigenvalue weighted by Gasteiger charge is 2.15. The highest BCUT2D eigenvalue weighted by molar-refractivity contribution is 5.97. The molecule has 0 saturated carbocycles. The Labute approximate surface area is 173 Å². The van der Waals surface area contributed by atoms with E-state index in [0.29, 0.717) is 23.5 Å². The van der Waals surface area contributed by atoms with Crippen LogP contribution >= 0.6 is 0 Å². The second kappa shape index (κ2) is 13.3. The summed E-state index contributed by atoms with van der Waals surface area (Å²) in [5, 5.41) is 0. The van der Waals surface area contributed by atoms with Crippen molar-refractivity contribution in [3.05, 3.63) is 72.3 Å². The molecule has 0 fully saturated rings. The van der Waals surface area contributed by atoms with Gasteiger partial charge in [0.25, 0.3) is 0 Å². The number of unbranched alkanes of at least 4 members (excludes halogenated alkanes) is 6. The Morgan fingerprint density at radius 1 is 0.724 bits per heavy atom. The van der Waals surface area contributed by atoms with E-state index < -0.39 is 11.9 Å². The molecule has 0 aliphatic rings. The van der Waals surface area contributed by atoms with Crippen molar-refractivity contribution in [2.75, 3.05) is 0 Å². The Balaban J connectivity index is 1.95. The molecule has 2 aromatic carbocycles. The molecule has 4 heteroatoms. The van der Waals surface area contributed by atoms with Crippen LogP contribution in [0.3, 0.4) is 0 Å². The predicted octanol–water partition coefficient (Wildman–Crippen LogP) is 6.26. The number of rotatable bonds is 12. The molecule has 0 spiro atoms. The molecule has 0 aliphatic heterocycles. The Morgan fingerprint density at radius 2 is 1.24 bits per heavy atom. The third kappa shape index (κ3) is 9.24. The van der Waals surface area contributed by atoms with Gasteiger partial charge in [-0.15, -0.1) is 0 Å². The molecule has 0 unspecified atom stereocenters. The molecule has 29 heavy (non-hydrogen) atoms. The van der Waals surface area contributed by atoms with Gasteiger partial charge < -0.3 is 9.47 Å². The third-order valence-electron chi connectivity index (χ3n) is 4.52. The lowest BCUT2D eigenvalue weighted by Crippen LogP contribution is -2.15. The number of ether oxygens (including phenoxy) is 2. The van der Waals surface area contributed by atoms with Crippen LogP contribution in [0.5, 0.6) is 11.5 Å². The predicted molar refractivity (Wildman–Crippen MR) is 115 cm³/mol. The standard InChI is InChI=1S/C25H30O4/c1-2-3-4-5-6-7-10-15-21(25(27)29-23-18-13-9-14-19-23)20-24(26)28-22-16-11-8-12-17-22/h8-9,11-14,16-20H,2-7,10,15H2,1H3/b21-20-. The van der Waals surface area contributed by atoms with Gasteiger partial charge in [-0.2, -0.15) is 0 Å². The summed E-state index contributed by atoms with van der Waals surface area (Å²) in [7, 11) is 0. The highest BCUT2D eigenvalue weighted by Crippen LogP contribution is 2.17. The number of hydrogen-bond acceptors (Lipinski definition) is 4. The van der Waals surface area contributed by atoms with Crippen LogP contribution in [0.2, 0.25) is 0 Å². The first kappa shape index (κ1) is 22.4. The zero-order valence-electron chi connectivity index (χ0n) is 17.1. The topological polar surface area (TPSA) is 52.6 Å². The van der Waals surface area contributed by atoms with E-state index >= 15 is 0 Å². The van der Waals surface area contributed by atoms with E-state index in [1.165, 1.54) is 31.8 Å². The van der Waals surface area contributed by atoms with E-state index in [4.69, 9.17) is 9.47 Å². The minimum Gasteiger partial charge on any atom is -0.423 e. The maximum atomic E-state index is 12.6. The van der Waals surface area contributed by atoms with E-state index in [0.717, 1.165) is 19.3 Å². The quantitative estimate of drug-likeness (QED) is 0.184. The zero-order chi connectivity index (χ0) is 20.7. The molecule has 4 nitrogen and oxygen atoms in total. The summed E-state index contributed by atoms with van der Waals surface area (Å²) in [6, 6.07) is 17.7. The van der Waals surface area contributed by atoms with Crippen molar-refractivity contribution in [1.82, 2.24) is 0 Å². The molecule has 154 valence electrons. The van der Waals surface area contributed by atoms with Crippen LogP contribution in [-0.2, 0) is 9.59 Å². The first-order valence-electron chi connectivity index (χ1n) is 10.4. The van der Waals surface area contributed by atoms with Gasteiger partial charge in [0.1, 0.15) is 11.5 Å². The molecular weight excluding hydrogens is 364 g/mol. The highest BCUT2D eigenvalue weighted by atomic mass is 16.5. The summed E-state index contributed by atoms with van der Waals surface area (Å²) < 4.78 is 10.7. The molecule has 2 aromatic rings. The number of benzene rings is 2. The molecule has 0 aromatic heterocycles. The fraction of sp³-hybridized carbons (Fsp3) is 0.360. The van der Waals surface area contributed by atoms with Gasteiger partial charge in [0, 0.05) is 11.6 Å². The van der Waals surface area contributed by atoms with Gasteiger partial charge in [0.2, 0.25) is 0 Å². The average molecular weight is 395 g/mol. The van der Waals surface area contributed by atoms with Crippen molar-refractivity contribution < 1.29 is 19.1 Å². The summed E-state index contributed by atoms with van der Waals surface area (Å²) >= 11 is 0. The van der Waals surface area contributed by atoms with E-state index in [9.17, 15) is 9.59 Å². The van der Waals surface area contributed by atoms with Crippen molar-refractivity contribution in [3.8, 4) is 11.5 Å². The lowest BCUT2D eigenvalue weighted by atomic mass is 10.0. The molecule has 0 amide bonds. The molecule has 2 rings (SSSR count). The second-order valence-electron chi connectivity index (χ2n) is 6.98. The number of hydrogen-bond donors (Lipinski definition) is 0. The SMILES string of the molecule is CCCCCCCCC/C(=C/C(=O)Oc1ccccc1)C(=O)Oc1ccccc1. The molecular formula is C25H30O4. The number of esters is 2. The molecule has 0 atom stereocenters. The molecule has 0 heterocycles. The lowest BCUT2D eigenvalue weighted by molar-refractivity contribution is -0.132. The Kier molecular flexibility index (Phi) is 10.3. The van der Waals surface area contributed by atoms with Crippen LogP contribution in [0.25, 0.3) is 0 Å². The van der Waals surface area contributed by atoms with Crippen molar-refractivity contribution in [1.29, 1.82) is 0 Å². The van der Waals surface area contributed by atoms with E-state index in [1.807, 2.05) is 12.1 Å².